The molecule has 0 spiro atoms. The maximum absolute atomic E-state index is 10.4. The smallest absolute Gasteiger partial charge is 0.0877 e. The van der Waals surface area contributed by atoms with Crippen LogP contribution < -0.4 is 10.6 Å². The van der Waals surface area contributed by atoms with Crippen molar-refractivity contribution in [2.24, 2.45) is 0 Å². The van der Waals surface area contributed by atoms with Crippen LogP contribution in [-0.4, -0.2) is 13.3 Å². The second kappa shape index (κ2) is 6.01. The second-order valence-corrected chi connectivity index (χ2v) is 5.84. The van der Waals surface area contributed by atoms with E-state index in [0.717, 1.165) is 10.6 Å². The molecule has 0 aliphatic carbocycles. The lowest BCUT2D eigenvalue weighted by Crippen LogP contribution is -2.10. The van der Waals surface area contributed by atoms with Crippen LogP contribution in [0.1, 0.15) is 0 Å². The van der Waals surface area contributed by atoms with Gasteiger partial charge in [-0.2, -0.15) is 0 Å². The zero-order valence-corrected chi connectivity index (χ0v) is 10.7. The SMILES string of the molecule is B.OP(c1ccccc1)c1ccc2ccccc2c1. The molecule has 0 amide bonds. The molecule has 3 aromatic rings. The first kappa shape index (κ1) is 13.8. The summed E-state index contributed by atoms with van der Waals surface area (Å²) in [5, 5.41) is 4.36. The second-order valence-electron chi connectivity index (χ2n) is 4.18. The van der Waals surface area contributed by atoms with E-state index in [9.17, 15) is 4.89 Å². The Bertz CT molecular complexity index is 670. The summed E-state index contributed by atoms with van der Waals surface area (Å²) >= 11 is 0. The van der Waals surface area contributed by atoms with E-state index in [1.165, 1.54) is 10.8 Å². The minimum Gasteiger partial charge on any atom is -0.364 e. The van der Waals surface area contributed by atoms with E-state index in [4.69, 9.17) is 0 Å². The van der Waals surface area contributed by atoms with Gasteiger partial charge < -0.3 is 4.89 Å². The van der Waals surface area contributed by atoms with Crippen molar-refractivity contribution in [2.45, 2.75) is 0 Å². The summed E-state index contributed by atoms with van der Waals surface area (Å²) in [6, 6.07) is 24.2. The highest BCUT2D eigenvalue weighted by Crippen LogP contribution is 2.29. The Balaban J connectivity index is 0.00000133. The van der Waals surface area contributed by atoms with Gasteiger partial charge in [-0.3, -0.25) is 0 Å². The maximum Gasteiger partial charge on any atom is 0.0877 e. The molecule has 0 aliphatic rings. The van der Waals surface area contributed by atoms with E-state index >= 15 is 0 Å². The first-order valence-electron chi connectivity index (χ1n) is 5.87. The van der Waals surface area contributed by atoms with Gasteiger partial charge in [-0.1, -0.05) is 66.7 Å². The van der Waals surface area contributed by atoms with E-state index in [1.54, 1.807) is 0 Å². The van der Waals surface area contributed by atoms with E-state index in [2.05, 4.69) is 24.3 Å². The van der Waals surface area contributed by atoms with Gasteiger partial charge in [-0.25, -0.2) is 0 Å². The normalized spacial score (nSPS) is 11.8. The van der Waals surface area contributed by atoms with Crippen molar-refractivity contribution >= 4 is 37.9 Å². The molecule has 0 aromatic heterocycles. The summed E-state index contributed by atoms with van der Waals surface area (Å²) in [7, 11) is -1.24. The van der Waals surface area contributed by atoms with Gasteiger partial charge >= 0.3 is 0 Å². The molecule has 0 bridgehead atoms. The van der Waals surface area contributed by atoms with Gasteiger partial charge in [-0.15, -0.1) is 0 Å². The molecule has 1 atom stereocenters. The maximum atomic E-state index is 10.4. The van der Waals surface area contributed by atoms with Crippen LogP contribution in [0.15, 0.2) is 72.8 Å². The Morgan fingerprint density at radius 1 is 0.632 bits per heavy atom. The van der Waals surface area contributed by atoms with Crippen LogP contribution in [0.4, 0.5) is 0 Å². The van der Waals surface area contributed by atoms with E-state index in [1.807, 2.05) is 48.5 Å². The van der Waals surface area contributed by atoms with E-state index < -0.39 is 8.15 Å². The van der Waals surface area contributed by atoms with Crippen molar-refractivity contribution in [3.05, 3.63) is 72.8 Å². The largest absolute Gasteiger partial charge is 0.364 e. The summed E-state index contributed by atoms with van der Waals surface area (Å²) < 4.78 is 0. The van der Waals surface area contributed by atoms with Crippen molar-refractivity contribution in [2.75, 3.05) is 0 Å². The molecule has 3 aromatic carbocycles. The third kappa shape index (κ3) is 2.86. The first-order chi connectivity index (χ1) is 8.84. The van der Waals surface area contributed by atoms with Crippen LogP contribution >= 0.6 is 8.15 Å². The fraction of sp³-hybridized carbons (Fsp3) is 0. The lowest BCUT2D eigenvalue weighted by molar-refractivity contribution is 0.645. The quantitative estimate of drug-likeness (QED) is 0.555. The van der Waals surface area contributed by atoms with Gasteiger partial charge in [0.05, 0.1) is 16.6 Å². The summed E-state index contributed by atoms with van der Waals surface area (Å²) in [5.41, 5.74) is 0. The van der Waals surface area contributed by atoms with Crippen LogP contribution in [0, 0.1) is 0 Å². The molecular weight excluding hydrogens is 250 g/mol. The summed E-state index contributed by atoms with van der Waals surface area (Å²) in [6.07, 6.45) is 0. The van der Waals surface area contributed by atoms with Gasteiger partial charge in [0.2, 0.25) is 0 Å². The average Bonchev–Trinajstić information content (AvgIpc) is 2.47. The Labute approximate surface area is 116 Å². The number of hydrogen-bond donors (Lipinski definition) is 1. The van der Waals surface area contributed by atoms with Crippen LogP contribution in [0.5, 0.6) is 0 Å². The average molecular weight is 266 g/mol. The molecule has 0 fully saturated rings. The third-order valence-corrected chi connectivity index (χ3v) is 4.53. The molecule has 3 heteroatoms. The first-order valence-corrected chi connectivity index (χ1v) is 7.17. The molecule has 1 nitrogen and oxygen atoms in total. The molecule has 3 rings (SSSR count). The Kier molecular flexibility index (Phi) is 4.37. The summed E-state index contributed by atoms with van der Waals surface area (Å²) in [5.74, 6) is 0. The molecular formula is C16H16BOP. The van der Waals surface area contributed by atoms with Gasteiger partial charge in [0.15, 0.2) is 0 Å². The molecule has 0 heterocycles. The van der Waals surface area contributed by atoms with E-state index in [-0.39, 0.29) is 8.41 Å². The monoisotopic (exact) mass is 266 g/mol. The van der Waals surface area contributed by atoms with Gasteiger partial charge in [0, 0.05) is 10.6 Å². The highest BCUT2D eigenvalue weighted by Gasteiger charge is 2.10. The molecule has 0 aliphatic heterocycles. The highest BCUT2D eigenvalue weighted by molar-refractivity contribution is 7.67. The minimum absolute atomic E-state index is 0. The fourth-order valence-corrected chi connectivity index (χ4v) is 3.26. The molecule has 94 valence electrons. The zero-order chi connectivity index (χ0) is 12.4. The van der Waals surface area contributed by atoms with Gasteiger partial charge in [-0.05, 0) is 16.8 Å². The Morgan fingerprint density at radius 3 is 2.00 bits per heavy atom. The molecule has 1 N–H and O–H groups in total. The summed E-state index contributed by atoms with van der Waals surface area (Å²) in [4.78, 5) is 10.4. The van der Waals surface area contributed by atoms with Crippen molar-refractivity contribution in [1.29, 1.82) is 0 Å². The molecule has 19 heavy (non-hydrogen) atoms. The van der Waals surface area contributed by atoms with Crippen molar-refractivity contribution in [3.63, 3.8) is 0 Å². The van der Waals surface area contributed by atoms with Gasteiger partial charge in [0.25, 0.3) is 0 Å². The predicted octanol–water partition coefficient (Wildman–Crippen LogP) is 2.00. The van der Waals surface area contributed by atoms with Crippen LogP contribution in [0.25, 0.3) is 10.8 Å². The minimum atomic E-state index is -1.24. The number of rotatable bonds is 2. The Morgan fingerprint density at radius 2 is 1.26 bits per heavy atom. The van der Waals surface area contributed by atoms with Crippen molar-refractivity contribution in [3.8, 4) is 0 Å². The standard InChI is InChI=1S/C16H13OP.BH3/c17-18(15-8-2-1-3-9-15)16-11-10-13-6-4-5-7-14(13)12-16;/h1-12,17H;1H3. The lowest BCUT2D eigenvalue weighted by atomic mass is 10.1. The van der Waals surface area contributed by atoms with Crippen LogP contribution in [0.3, 0.4) is 0 Å². The summed E-state index contributed by atoms with van der Waals surface area (Å²) in [6.45, 7) is 0. The number of benzene rings is 3. The molecule has 0 saturated heterocycles. The van der Waals surface area contributed by atoms with Crippen molar-refractivity contribution < 1.29 is 4.89 Å². The zero-order valence-electron chi connectivity index (χ0n) is 9.82. The van der Waals surface area contributed by atoms with Crippen LogP contribution in [-0.2, 0) is 0 Å². The number of hydrogen-bond acceptors (Lipinski definition) is 1. The van der Waals surface area contributed by atoms with Crippen LogP contribution in [0.2, 0.25) is 0 Å². The predicted molar refractivity (Wildman–Crippen MR) is 88.7 cm³/mol. The Hall–Kier alpha value is -1.63. The number of fused-ring (bicyclic) bond motifs is 1. The third-order valence-electron chi connectivity index (χ3n) is 2.98. The topological polar surface area (TPSA) is 20.2 Å². The lowest BCUT2D eigenvalue weighted by Gasteiger charge is -2.11. The van der Waals surface area contributed by atoms with E-state index in [0.29, 0.717) is 0 Å². The van der Waals surface area contributed by atoms with Gasteiger partial charge in [0.1, 0.15) is 0 Å². The van der Waals surface area contributed by atoms with Crippen molar-refractivity contribution in [1.82, 2.24) is 0 Å². The molecule has 0 radical (unpaired) electrons. The molecule has 1 unspecified atom stereocenters. The molecule has 0 saturated carbocycles. The highest BCUT2D eigenvalue weighted by atomic mass is 31.1. The fourth-order valence-electron chi connectivity index (χ4n) is 2.03.